The molecule has 2 atom stereocenters. The maximum Gasteiger partial charge on any atom is 0.212 e. The Balaban J connectivity index is 1.25. The van der Waals surface area contributed by atoms with Crippen molar-refractivity contribution in [3.8, 4) is 5.75 Å². The molecule has 7 heteroatoms. The molecule has 2 aliphatic carbocycles. The third-order valence-corrected chi connectivity index (χ3v) is 9.01. The molecule has 32 heavy (non-hydrogen) atoms. The molecule has 4 rings (SSSR count). The summed E-state index contributed by atoms with van der Waals surface area (Å²) in [5, 5.41) is 3.50. The summed E-state index contributed by atoms with van der Waals surface area (Å²) in [6.07, 6.45) is 9.68. The second-order valence-electron chi connectivity index (χ2n) is 9.78. The van der Waals surface area contributed by atoms with Gasteiger partial charge in [-0.25, -0.2) is 13.1 Å². The van der Waals surface area contributed by atoms with E-state index in [0.717, 1.165) is 63.7 Å². The van der Waals surface area contributed by atoms with Crippen LogP contribution in [0, 0.1) is 5.92 Å². The fourth-order valence-corrected chi connectivity index (χ4v) is 7.20. The minimum absolute atomic E-state index is 0.0521. The lowest BCUT2D eigenvalue weighted by molar-refractivity contribution is 0.00509. The van der Waals surface area contributed by atoms with Gasteiger partial charge < -0.3 is 14.8 Å². The summed E-state index contributed by atoms with van der Waals surface area (Å²) >= 11 is 0. The quantitative estimate of drug-likeness (QED) is 0.548. The maximum absolute atomic E-state index is 12.6. The van der Waals surface area contributed by atoms with Crippen LogP contribution < -0.4 is 14.8 Å². The van der Waals surface area contributed by atoms with E-state index >= 15 is 0 Å². The van der Waals surface area contributed by atoms with E-state index in [1.807, 2.05) is 13.0 Å². The lowest BCUT2D eigenvalue weighted by Gasteiger charge is -2.36. The standard InChI is InChI=1S/C25H40N2O4S/c1-2-30-25-11-4-3-9-22(25)20-12-14-21(15-13-20)31-17-24-23(10-6-16-26-24)27-32(28,29)18-19-7-5-8-19/h3-4,9,11,19-21,23-24,26-27H,2,5-8,10,12-18H2,1H3/t20-,21+,23-,24-/m0/s1. The van der Waals surface area contributed by atoms with Crippen LogP contribution in [0.2, 0.25) is 0 Å². The van der Waals surface area contributed by atoms with E-state index in [1.165, 1.54) is 12.0 Å². The topological polar surface area (TPSA) is 76.7 Å². The van der Waals surface area contributed by atoms with Gasteiger partial charge in [-0.2, -0.15) is 0 Å². The Labute approximate surface area is 193 Å². The summed E-state index contributed by atoms with van der Waals surface area (Å²) in [6, 6.07) is 8.39. The van der Waals surface area contributed by atoms with Gasteiger partial charge in [-0.1, -0.05) is 24.6 Å². The van der Waals surface area contributed by atoms with Crippen LogP contribution in [0.1, 0.15) is 76.2 Å². The van der Waals surface area contributed by atoms with Crippen LogP contribution in [0.3, 0.4) is 0 Å². The molecule has 3 fully saturated rings. The highest BCUT2D eigenvalue weighted by molar-refractivity contribution is 7.89. The monoisotopic (exact) mass is 464 g/mol. The molecular formula is C25H40N2O4S. The summed E-state index contributed by atoms with van der Waals surface area (Å²) in [5.74, 6) is 2.17. The van der Waals surface area contributed by atoms with Gasteiger partial charge in [0.2, 0.25) is 10.0 Å². The van der Waals surface area contributed by atoms with Gasteiger partial charge in [-0.05, 0) is 88.3 Å². The van der Waals surface area contributed by atoms with E-state index in [1.54, 1.807) is 0 Å². The summed E-state index contributed by atoms with van der Waals surface area (Å²) in [6.45, 7) is 4.22. The van der Waals surface area contributed by atoms with Crippen LogP contribution in [0.25, 0.3) is 0 Å². The third kappa shape index (κ3) is 6.46. The summed E-state index contributed by atoms with van der Waals surface area (Å²) < 4.78 is 40.4. The molecule has 3 aliphatic rings. The fraction of sp³-hybridized carbons (Fsp3) is 0.760. The first kappa shape index (κ1) is 24.0. The molecule has 0 spiro atoms. The highest BCUT2D eigenvalue weighted by atomic mass is 32.2. The van der Waals surface area contributed by atoms with Crippen molar-refractivity contribution in [2.75, 3.05) is 25.5 Å². The zero-order chi connectivity index (χ0) is 22.4. The van der Waals surface area contributed by atoms with E-state index in [-0.39, 0.29) is 23.9 Å². The van der Waals surface area contributed by atoms with Crippen molar-refractivity contribution in [3.63, 3.8) is 0 Å². The second kappa shape index (κ2) is 11.3. The largest absolute Gasteiger partial charge is 0.494 e. The Morgan fingerprint density at radius 3 is 2.53 bits per heavy atom. The fourth-order valence-electron chi connectivity index (χ4n) is 5.40. The number of piperidine rings is 1. The molecule has 0 amide bonds. The highest BCUT2D eigenvalue weighted by Gasteiger charge is 2.32. The van der Waals surface area contributed by atoms with Crippen molar-refractivity contribution in [1.29, 1.82) is 0 Å². The van der Waals surface area contributed by atoms with Gasteiger partial charge in [-0.3, -0.25) is 0 Å². The smallest absolute Gasteiger partial charge is 0.212 e. The number of rotatable bonds is 10. The predicted molar refractivity (Wildman–Crippen MR) is 128 cm³/mol. The Morgan fingerprint density at radius 2 is 1.81 bits per heavy atom. The average Bonchev–Trinajstić information content (AvgIpc) is 2.77. The zero-order valence-electron chi connectivity index (χ0n) is 19.4. The van der Waals surface area contributed by atoms with Crippen molar-refractivity contribution in [2.24, 2.45) is 5.92 Å². The molecule has 180 valence electrons. The molecule has 0 aromatic heterocycles. The number of ether oxygens (including phenoxy) is 2. The number of hydrogen-bond acceptors (Lipinski definition) is 5. The van der Waals surface area contributed by atoms with Gasteiger partial charge in [0.25, 0.3) is 0 Å². The number of nitrogens with one attached hydrogen (secondary N) is 2. The van der Waals surface area contributed by atoms with Gasteiger partial charge in [0.1, 0.15) is 5.75 Å². The molecule has 0 unspecified atom stereocenters. The number of para-hydroxylation sites is 1. The molecule has 2 N–H and O–H groups in total. The average molecular weight is 465 g/mol. The van der Waals surface area contributed by atoms with Gasteiger partial charge in [-0.15, -0.1) is 0 Å². The third-order valence-electron chi connectivity index (χ3n) is 7.44. The van der Waals surface area contributed by atoms with E-state index in [0.29, 0.717) is 25.0 Å². The van der Waals surface area contributed by atoms with Crippen LogP contribution in [0.15, 0.2) is 24.3 Å². The van der Waals surface area contributed by atoms with Crippen LogP contribution in [-0.2, 0) is 14.8 Å². The SMILES string of the molecule is CCOc1ccccc1[C@H]1CC[C@@H](OC[C@@H]2NCCC[C@@H]2NS(=O)(=O)CC2CCC2)CC1. The van der Waals surface area contributed by atoms with Crippen molar-refractivity contribution in [3.05, 3.63) is 29.8 Å². The second-order valence-corrected chi connectivity index (χ2v) is 11.6. The van der Waals surface area contributed by atoms with Crippen LogP contribution in [0.4, 0.5) is 0 Å². The Hall–Kier alpha value is -1.15. The molecule has 1 aromatic carbocycles. The Kier molecular flexibility index (Phi) is 8.49. The molecule has 1 saturated heterocycles. The predicted octanol–water partition coefficient (Wildman–Crippen LogP) is 3.97. The van der Waals surface area contributed by atoms with Gasteiger partial charge in [0.15, 0.2) is 0 Å². The molecular weight excluding hydrogens is 424 g/mol. The van der Waals surface area contributed by atoms with Crippen LogP contribution >= 0.6 is 0 Å². The van der Waals surface area contributed by atoms with Crippen molar-refractivity contribution in [1.82, 2.24) is 10.0 Å². The van der Waals surface area contributed by atoms with E-state index in [2.05, 4.69) is 28.2 Å². The molecule has 1 aromatic rings. The summed E-state index contributed by atoms with van der Waals surface area (Å²) in [4.78, 5) is 0. The molecule has 1 aliphatic heterocycles. The minimum Gasteiger partial charge on any atom is -0.494 e. The normalized spacial score (nSPS) is 29.4. The molecule has 2 saturated carbocycles. The van der Waals surface area contributed by atoms with Gasteiger partial charge in [0, 0.05) is 12.1 Å². The van der Waals surface area contributed by atoms with Crippen LogP contribution in [-0.4, -0.2) is 52.1 Å². The molecule has 0 radical (unpaired) electrons. The van der Waals surface area contributed by atoms with Crippen molar-refractivity contribution >= 4 is 10.0 Å². The number of hydrogen-bond donors (Lipinski definition) is 2. The number of sulfonamides is 1. The van der Waals surface area contributed by atoms with E-state index < -0.39 is 10.0 Å². The van der Waals surface area contributed by atoms with E-state index in [9.17, 15) is 8.42 Å². The summed E-state index contributed by atoms with van der Waals surface area (Å²) in [7, 11) is -3.22. The first-order valence-corrected chi connectivity index (χ1v) is 14.3. The minimum atomic E-state index is -3.22. The van der Waals surface area contributed by atoms with Gasteiger partial charge in [0.05, 0.1) is 25.1 Å². The highest BCUT2D eigenvalue weighted by Crippen LogP contribution is 2.38. The lowest BCUT2D eigenvalue weighted by atomic mass is 9.82. The maximum atomic E-state index is 12.6. The first-order chi connectivity index (χ1) is 15.5. The first-order valence-electron chi connectivity index (χ1n) is 12.6. The zero-order valence-corrected chi connectivity index (χ0v) is 20.2. The molecule has 0 bridgehead atoms. The van der Waals surface area contributed by atoms with Crippen molar-refractivity contribution in [2.45, 2.75) is 88.8 Å². The van der Waals surface area contributed by atoms with Crippen molar-refractivity contribution < 1.29 is 17.9 Å². The van der Waals surface area contributed by atoms with Crippen LogP contribution in [0.5, 0.6) is 5.75 Å². The Bertz CT molecular complexity index is 819. The lowest BCUT2D eigenvalue weighted by Crippen LogP contribution is -2.56. The molecule has 6 nitrogen and oxygen atoms in total. The van der Waals surface area contributed by atoms with Gasteiger partial charge >= 0.3 is 0 Å². The molecule has 1 heterocycles. The summed E-state index contributed by atoms with van der Waals surface area (Å²) in [5.41, 5.74) is 1.32. The van der Waals surface area contributed by atoms with E-state index in [4.69, 9.17) is 9.47 Å². The number of benzene rings is 1. The Morgan fingerprint density at radius 1 is 1.03 bits per heavy atom.